The van der Waals surface area contributed by atoms with E-state index in [0.29, 0.717) is 5.41 Å². The number of nitrogens with zero attached hydrogens (tertiary/aromatic N) is 2. The second-order valence-electron chi connectivity index (χ2n) is 6.99. The Labute approximate surface area is 107 Å². The number of hydrogen-bond acceptors (Lipinski definition) is 3. The first kappa shape index (κ1) is 13.3. The minimum absolute atomic E-state index is 0.490. The third-order valence-electron chi connectivity index (χ3n) is 3.94. The van der Waals surface area contributed by atoms with Gasteiger partial charge in [-0.1, -0.05) is 20.8 Å². The Bertz CT molecular complexity index is 222. The molecule has 0 unspecified atom stereocenters. The van der Waals surface area contributed by atoms with E-state index in [9.17, 15) is 0 Å². The number of hydrogen-bond donors (Lipinski definition) is 1. The lowest BCUT2D eigenvalue weighted by atomic mass is 9.90. The Balaban J connectivity index is 1.56. The number of likely N-dealkylation sites (tertiary alicyclic amines) is 1. The molecular weight excluding hydrogens is 210 g/mol. The summed E-state index contributed by atoms with van der Waals surface area (Å²) in [5, 5.41) is 3.42. The molecule has 0 aromatic heterocycles. The molecule has 100 valence electrons. The Morgan fingerprint density at radius 2 is 1.71 bits per heavy atom. The van der Waals surface area contributed by atoms with Gasteiger partial charge in [0.25, 0.3) is 0 Å². The summed E-state index contributed by atoms with van der Waals surface area (Å²) >= 11 is 0. The first-order valence-electron chi connectivity index (χ1n) is 7.18. The van der Waals surface area contributed by atoms with Gasteiger partial charge in [-0.15, -0.1) is 0 Å². The molecule has 2 aliphatic rings. The van der Waals surface area contributed by atoms with Crippen LogP contribution in [0.15, 0.2) is 0 Å². The second kappa shape index (κ2) is 5.68. The molecular formula is C14H29N3. The van der Waals surface area contributed by atoms with E-state index in [0.717, 1.165) is 5.92 Å². The van der Waals surface area contributed by atoms with Crippen LogP contribution in [0.5, 0.6) is 0 Å². The number of rotatable bonds is 4. The van der Waals surface area contributed by atoms with Crippen molar-refractivity contribution in [1.82, 2.24) is 15.1 Å². The summed E-state index contributed by atoms with van der Waals surface area (Å²) in [6, 6.07) is 0. The summed E-state index contributed by atoms with van der Waals surface area (Å²) in [6.45, 7) is 17.2. The van der Waals surface area contributed by atoms with E-state index in [4.69, 9.17) is 0 Å². The van der Waals surface area contributed by atoms with Gasteiger partial charge in [-0.3, -0.25) is 0 Å². The van der Waals surface area contributed by atoms with Gasteiger partial charge in [-0.25, -0.2) is 0 Å². The smallest absolute Gasteiger partial charge is 0.0108 e. The third-order valence-corrected chi connectivity index (χ3v) is 3.94. The van der Waals surface area contributed by atoms with Gasteiger partial charge in [0.05, 0.1) is 0 Å². The summed E-state index contributed by atoms with van der Waals surface area (Å²) in [4.78, 5) is 5.25. The molecule has 3 nitrogen and oxygen atoms in total. The van der Waals surface area contributed by atoms with Crippen LogP contribution in [0.1, 0.15) is 27.2 Å². The van der Waals surface area contributed by atoms with E-state index in [2.05, 4.69) is 35.9 Å². The molecule has 2 heterocycles. The third kappa shape index (κ3) is 4.57. The standard InChI is InChI=1S/C14H29N3/c1-14(2,3)4-7-17-11-13(12-17)10-16-8-5-15-6-9-16/h13,15H,4-12H2,1-3H3. The Morgan fingerprint density at radius 3 is 2.29 bits per heavy atom. The van der Waals surface area contributed by atoms with Crippen LogP contribution in [0.3, 0.4) is 0 Å². The quantitative estimate of drug-likeness (QED) is 0.797. The van der Waals surface area contributed by atoms with Gasteiger partial charge in [-0.2, -0.15) is 0 Å². The lowest BCUT2D eigenvalue weighted by Crippen LogP contribution is -2.54. The second-order valence-corrected chi connectivity index (χ2v) is 6.99. The van der Waals surface area contributed by atoms with Crippen molar-refractivity contribution in [3.63, 3.8) is 0 Å². The Morgan fingerprint density at radius 1 is 1.06 bits per heavy atom. The van der Waals surface area contributed by atoms with Crippen LogP contribution in [0.4, 0.5) is 0 Å². The largest absolute Gasteiger partial charge is 0.314 e. The fourth-order valence-electron chi connectivity index (χ4n) is 2.73. The van der Waals surface area contributed by atoms with Crippen molar-refractivity contribution >= 4 is 0 Å². The molecule has 0 saturated carbocycles. The van der Waals surface area contributed by atoms with Crippen LogP contribution in [0, 0.1) is 11.3 Å². The van der Waals surface area contributed by atoms with E-state index >= 15 is 0 Å². The maximum atomic E-state index is 3.42. The number of piperazine rings is 1. The average molecular weight is 239 g/mol. The zero-order valence-electron chi connectivity index (χ0n) is 11.8. The van der Waals surface area contributed by atoms with Crippen molar-refractivity contribution in [2.45, 2.75) is 27.2 Å². The van der Waals surface area contributed by atoms with E-state index in [1.165, 1.54) is 58.8 Å². The zero-order valence-corrected chi connectivity index (χ0v) is 11.8. The summed E-state index contributed by atoms with van der Waals surface area (Å²) in [7, 11) is 0. The van der Waals surface area contributed by atoms with Crippen molar-refractivity contribution in [3.05, 3.63) is 0 Å². The molecule has 0 radical (unpaired) electrons. The van der Waals surface area contributed by atoms with Crippen LogP contribution < -0.4 is 5.32 Å². The Hall–Kier alpha value is -0.120. The van der Waals surface area contributed by atoms with Crippen molar-refractivity contribution in [2.24, 2.45) is 11.3 Å². The molecule has 0 bridgehead atoms. The minimum atomic E-state index is 0.490. The lowest BCUT2D eigenvalue weighted by Gasteiger charge is -2.43. The highest BCUT2D eigenvalue weighted by atomic mass is 15.2. The van der Waals surface area contributed by atoms with Crippen molar-refractivity contribution in [2.75, 3.05) is 52.4 Å². The summed E-state index contributed by atoms with van der Waals surface area (Å²) in [5.74, 6) is 0.938. The zero-order chi connectivity index (χ0) is 12.3. The maximum absolute atomic E-state index is 3.42. The predicted octanol–water partition coefficient (Wildman–Crippen LogP) is 1.26. The first-order chi connectivity index (χ1) is 8.03. The van der Waals surface area contributed by atoms with E-state index < -0.39 is 0 Å². The number of nitrogens with one attached hydrogen (secondary N) is 1. The van der Waals surface area contributed by atoms with Crippen LogP contribution in [0.25, 0.3) is 0 Å². The first-order valence-corrected chi connectivity index (χ1v) is 7.18. The molecule has 0 spiro atoms. The highest BCUT2D eigenvalue weighted by Gasteiger charge is 2.29. The molecule has 1 N–H and O–H groups in total. The van der Waals surface area contributed by atoms with E-state index in [1.54, 1.807) is 0 Å². The maximum Gasteiger partial charge on any atom is 0.0108 e. The van der Waals surface area contributed by atoms with Crippen LogP contribution in [-0.4, -0.2) is 62.2 Å². The fraction of sp³-hybridized carbons (Fsp3) is 1.00. The molecule has 0 aliphatic carbocycles. The van der Waals surface area contributed by atoms with Crippen LogP contribution in [-0.2, 0) is 0 Å². The summed E-state index contributed by atoms with van der Waals surface area (Å²) < 4.78 is 0. The SMILES string of the molecule is CC(C)(C)CCN1CC(CN2CCNCC2)C1. The monoisotopic (exact) mass is 239 g/mol. The normalized spacial score (nSPS) is 24.9. The van der Waals surface area contributed by atoms with Crippen molar-refractivity contribution in [3.8, 4) is 0 Å². The van der Waals surface area contributed by atoms with Crippen molar-refractivity contribution in [1.29, 1.82) is 0 Å². The average Bonchev–Trinajstić information content (AvgIpc) is 2.21. The minimum Gasteiger partial charge on any atom is -0.314 e. The molecule has 0 aromatic carbocycles. The van der Waals surface area contributed by atoms with Gasteiger partial charge in [-0.05, 0) is 24.3 Å². The summed E-state index contributed by atoms with van der Waals surface area (Å²) in [6.07, 6.45) is 1.33. The van der Waals surface area contributed by atoms with Gasteiger partial charge in [0.1, 0.15) is 0 Å². The lowest BCUT2D eigenvalue weighted by molar-refractivity contribution is 0.0550. The van der Waals surface area contributed by atoms with Gasteiger partial charge < -0.3 is 15.1 Å². The van der Waals surface area contributed by atoms with E-state index in [-0.39, 0.29) is 0 Å². The summed E-state index contributed by atoms with van der Waals surface area (Å²) in [5.41, 5.74) is 0.490. The van der Waals surface area contributed by atoms with Gasteiger partial charge >= 0.3 is 0 Å². The molecule has 0 aromatic rings. The predicted molar refractivity (Wildman–Crippen MR) is 73.3 cm³/mol. The fourth-order valence-corrected chi connectivity index (χ4v) is 2.73. The van der Waals surface area contributed by atoms with E-state index in [1.807, 2.05) is 0 Å². The molecule has 0 atom stereocenters. The molecule has 2 fully saturated rings. The van der Waals surface area contributed by atoms with Gasteiger partial charge in [0.2, 0.25) is 0 Å². The van der Waals surface area contributed by atoms with Gasteiger partial charge in [0.15, 0.2) is 0 Å². The molecule has 3 heteroatoms. The molecule has 2 saturated heterocycles. The highest BCUT2D eigenvalue weighted by molar-refractivity contribution is 4.84. The van der Waals surface area contributed by atoms with Gasteiger partial charge in [0, 0.05) is 45.8 Å². The van der Waals surface area contributed by atoms with Crippen molar-refractivity contribution < 1.29 is 0 Å². The topological polar surface area (TPSA) is 18.5 Å². The molecule has 17 heavy (non-hydrogen) atoms. The highest BCUT2D eigenvalue weighted by Crippen LogP contribution is 2.23. The molecule has 2 aliphatic heterocycles. The van der Waals surface area contributed by atoms with Crippen LogP contribution in [0.2, 0.25) is 0 Å². The Kier molecular flexibility index (Phi) is 4.45. The molecule has 2 rings (SSSR count). The molecule has 0 amide bonds. The van der Waals surface area contributed by atoms with Crippen LogP contribution >= 0.6 is 0 Å².